The minimum atomic E-state index is -5.75. The summed E-state index contributed by atoms with van der Waals surface area (Å²) in [5.74, 6) is -0.205. The van der Waals surface area contributed by atoms with Crippen molar-refractivity contribution < 1.29 is 65.9 Å². The molecular formula is C18H25N4O16P3. The first-order valence-corrected chi connectivity index (χ1v) is 15.7. The lowest BCUT2D eigenvalue weighted by molar-refractivity contribution is -0.386. The van der Waals surface area contributed by atoms with E-state index >= 15 is 0 Å². The van der Waals surface area contributed by atoms with Crippen molar-refractivity contribution in [1.29, 1.82) is 0 Å². The van der Waals surface area contributed by atoms with Crippen LogP contribution < -0.4 is 11.4 Å². The maximum Gasteiger partial charge on any atom is 0.490 e. The number of benzene rings is 1. The summed E-state index contributed by atoms with van der Waals surface area (Å²) in [6, 6.07) is 5.93. The van der Waals surface area contributed by atoms with Gasteiger partial charge in [-0.15, -0.1) is 0 Å². The number of phosphoric ester groups is 1. The van der Waals surface area contributed by atoms with Crippen LogP contribution in [-0.2, 0) is 42.9 Å². The predicted molar refractivity (Wildman–Crippen MR) is 134 cm³/mol. The molecule has 0 aliphatic carbocycles. The lowest BCUT2D eigenvalue weighted by Gasteiger charge is -2.20. The van der Waals surface area contributed by atoms with Crippen molar-refractivity contribution in [3.63, 3.8) is 0 Å². The summed E-state index contributed by atoms with van der Waals surface area (Å²) in [5, 5.41) is 21.6. The highest BCUT2D eigenvalue weighted by Crippen LogP contribution is 2.66. The molecule has 3 rings (SSSR count). The van der Waals surface area contributed by atoms with E-state index in [1.54, 1.807) is 13.0 Å². The number of nitro groups is 1. The molecule has 41 heavy (non-hydrogen) atoms. The van der Waals surface area contributed by atoms with Crippen molar-refractivity contribution in [3.8, 4) is 0 Å². The Labute approximate surface area is 229 Å². The summed E-state index contributed by atoms with van der Waals surface area (Å²) in [5.41, 5.74) is 5.25. The molecule has 0 bridgehead atoms. The highest BCUT2D eigenvalue weighted by atomic mass is 31.3. The van der Waals surface area contributed by atoms with E-state index < -0.39 is 65.2 Å². The van der Waals surface area contributed by atoms with E-state index in [4.69, 9.17) is 25.0 Å². The van der Waals surface area contributed by atoms with Gasteiger partial charge in [0, 0.05) is 24.2 Å². The number of ether oxygens (including phenoxy) is 2. The Balaban J connectivity index is 1.67. The lowest BCUT2D eigenvalue weighted by Crippen LogP contribution is -2.29. The van der Waals surface area contributed by atoms with Gasteiger partial charge in [-0.1, -0.05) is 12.1 Å². The van der Waals surface area contributed by atoms with E-state index in [1.165, 1.54) is 24.4 Å². The number of phosphoric acid groups is 3. The third-order valence-electron chi connectivity index (χ3n) is 5.45. The van der Waals surface area contributed by atoms with E-state index in [2.05, 4.69) is 18.1 Å². The lowest BCUT2D eigenvalue weighted by atomic mass is 10.1. The summed E-state index contributed by atoms with van der Waals surface area (Å²) in [6.07, 6.45) is -3.81. The highest BCUT2D eigenvalue weighted by molar-refractivity contribution is 7.66. The van der Waals surface area contributed by atoms with Crippen LogP contribution in [-0.4, -0.2) is 58.0 Å². The van der Waals surface area contributed by atoms with E-state index in [-0.39, 0.29) is 30.1 Å². The minimum Gasteiger partial charge on any atom is -0.390 e. The number of aliphatic hydroxyl groups excluding tert-OH is 1. The first kappa shape index (κ1) is 33.1. The Morgan fingerprint density at radius 3 is 2.49 bits per heavy atom. The van der Waals surface area contributed by atoms with Crippen LogP contribution in [0.4, 0.5) is 11.5 Å². The first-order chi connectivity index (χ1) is 18.9. The molecule has 20 nitrogen and oxygen atoms in total. The van der Waals surface area contributed by atoms with Crippen molar-refractivity contribution in [1.82, 2.24) is 9.55 Å². The molecule has 0 spiro atoms. The number of nitrogens with two attached hydrogens (primary N) is 1. The third-order valence-corrected chi connectivity index (χ3v) is 9.26. The first-order valence-electron chi connectivity index (χ1n) is 11.2. The molecular weight excluding hydrogens is 621 g/mol. The molecule has 228 valence electrons. The fourth-order valence-electron chi connectivity index (χ4n) is 3.65. The van der Waals surface area contributed by atoms with Crippen molar-refractivity contribution in [2.24, 2.45) is 0 Å². The normalized spacial score (nSPS) is 23.0. The molecule has 0 saturated carbocycles. The summed E-state index contributed by atoms with van der Waals surface area (Å²) in [6.45, 7) is 0.388. The monoisotopic (exact) mass is 646 g/mol. The maximum absolute atomic E-state index is 12.5. The zero-order valence-corrected chi connectivity index (χ0v) is 23.5. The summed E-state index contributed by atoms with van der Waals surface area (Å²) in [4.78, 5) is 62.8. The van der Waals surface area contributed by atoms with Crippen LogP contribution in [0.15, 0.2) is 35.3 Å². The summed E-state index contributed by atoms with van der Waals surface area (Å²) >= 11 is 0. The Kier molecular flexibility index (Phi) is 10.4. The van der Waals surface area contributed by atoms with E-state index in [0.717, 1.165) is 4.57 Å². The van der Waals surface area contributed by atoms with E-state index in [9.17, 15) is 43.5 Å². The predicted octanol–water partition coefficient (Wildman–Crippen LogP) is 1.00. The number of anilines is 1. The van der Waals surface area contributed by atoms with Gasteiger partial charge in [-0.05, 0) is 13.0 Å². The van der Waals surface area contributed by atoms with E-state index in [0.29, 0.717) is 5.56 Å². The quantitative estimate of drug-likeness (QED) is 0.100. The smallest absolute Gasteiger partial charge is 0.390 e. The molecule has 23 heteroatoms. The molecule has 0 amide bonds. The van der Waals surface area contributed by atoms with Gasteiger partial charge in [0.1, 0.15) is 18.1 Å². The van der Waals surface area contributed by atoms with Crippen LogP contribution in [0.2, 0.25) is 0 Å². The number of hydrogen-bond acceptors (Lipinski definition) is 14. The van der Waals surface area contributed by atoms with Crippen LogP contribution in [0, 0.1) is 10.1 Å². The molecule has 2 aromatic rings. The average Bonchev–Trinajstić information content (AvgIpc) is 3.19. The Hall–Kier alpha value is -2.41. The molecule has 1 aromatic heterocycles. The van der Waals surface area contributed by atoms with E-state index in [1.807, 2.05) is 0 Å². The molecule has 1 fully saturated rings. The van der Waals surface area contributed by atoms with Crippen molar-refractivity contribution in [2.75, 3.05) is 12.3 Å². The maximum atomic E-state index is 12.5. The van der Waals surface area contributed by atoms with Gasteiger partial charge in [-0.25, -0.2) is 18.5 Å². The van der Waals surface area contributed by atoms with Crippen LogP contribution >= 0.6 is 23.5 Å². The van der Waals surface area contributed by atoms with Crippen molar-refractivity contribution in [3.05, 3.63) is 62.2 Å². The number of aliphatic hydroxyl groups is 1. The number of para-hydroxylation sites is 1. The van der Waals surface area contributed by atoms with Gasteiger partial charge in [-0.2, -0.15) is 13.6 Å². The van der Waals surface area contributed by atoms with Crippen LogP contribution in [0.3, 0.4) is 0 Å². The Morgan fingerprint density at radius 2 is 1.85 bits per heavy atom. The fourth-order valence-corrected chi connectivity index (χ4v) is 6.68. The van der Waals surface area contributed by atoms with Crippen LogP contribution in [0.25, 0.3) is 0 Å². The zero-order chi connectivity index (χ0) is 30.8. The number of nitrogens with zero attached hydrogens (tertiary/aromatic N) is 3. The largest absolute Gasteiger partial charge is 0.490 e. The van der Waals surface area contributed by atoms with Gasteiger partial charge < -0.3 is 39.9 Å². The molecule has 6 atom stereocenters. The summed E-state index contributed by atoms with van der Waals surface area (Å²) in [7, 11) is -16.8. The molecule has 1 aliphatic rings. The molecule has 4 unspecified atom stereocenters. The number of nitrogen functional groups attached to an aromatic ring is 1. The third kappa shape index (κ3) is 9.29. The number of rotatable bonds is 13. The standard InChI is InChI=1S/C18H25N4O16P3/c1-10(12-4-2-3-5-13(12)22(25)26)34-8-11-7-21(18(24)20-17(11)19)16-6-14(23)15(36-16)9-35-40(30,31)38-41(32,33)37-39(27,28)29/h2-5,7,10,14-16,23H,6,8-9H2,1H3,(H,30,31)(H,32,33)(H2,19,20,24)(H2,27,28,29)/t10?,14?,15-,16-/m1/s1. The van der Waals surface area contributed by atoms with Gasteiger partial charge in [-0.3, -0.25) is 19.2 Å². The SMILES string of the molecule is CC(OCc1cn([C@H]2CC(O)[C@@H](COP(=O)(O)OP(=O)(O)OP(=O)(O)O)O2)c(=O)nc1N)c1ccccc1[N+](=O)[O-]. The molecule has 7 N–H and O–H groups in total. The number of nitro benzene ring substituents is 1. The fraction of sp³-hybridized carbons (Fsp3) is 0.444. The second-order valence-electron chi connectivity index (χ2n) is 8.43. The van der Waals surface area contributed by atoms with Crippen LogP contribution in [0.5, 0.6) is 0 Å². The topological polar surface area (TPSA) is 303 Å². The Bertz CT molecular complexity index is 1480. The summed E-state index contributed by atoms with van der Waals surface area (Å²) < 4.78 is 57.9. The second-order valence-corrected chi connectivity index (χ2v) is 12.8. The van der Waals surface area contributed by atoms with Gasteiger partial charge in [0.25, 0.3) is 5.69 Å². The van der Waals surface area contributed by atoms with Crippen LogP contribution in [0.1, 0.15) is 36.8 Å². The second kappa shape index (κ2) is 12.8. The van der Waals surface area contributed by atoms with Gasteiger partial charge in [0.05, 0.1) is 35.9 Å². The highest BCUT2D eigenvalue weighted by Gasteiger charge is 2.43. The molecule has 2 heterocycles. The van der Waals surface area contributed by atoms with Gasteiger partial charge >= 0.3 is 29.2 Å². The molecule has 1 aliphatic heterocycles. The molecule has 0 radical (unpaired) electrons. The van der Waals surface area contributed by atoms with Gasteiger partial charge in [0.15, 0.2) is 0 Å². The molecule has 1 aromatic carbocycles. The minimum absolute atomic E-state index is 0.161. The van der Waals surface area contributed by atoms with Gasteiger partial charge in [0.2, 0.25) is 0 Å². The Morgan fingerprint density at radius 1 is 1.20 bits per heavy atom. The zero-order valence-electron chi connectivity index (χ0n) is 20.8. The molecule has 1 saturated heterocycles. The number of aromatic nitrogens is 2. The van der Waals surface area contributed by atoms with Crippen molar-refractivity contribution in [2.45, 2.75) is 44.5 Å². The number of hydrogen-bond donors (Lipinski definition) is 6. The van der Waals surface area contributed by atoms with Crippen molar-refractivity contribution >= 4 is 35.0 Å². The average molecular weight is 646 g/mol.